The zero-order valence-electron chi connectivity index (χ0n) is 11.3. The highest BCUT2D eigenvalue weighted by Crippen LogP contribution is 2.09. The summed E-state index contributed by atoms with van der Waals surface area (Å²) in [6.07, 6.45) is 0.716. The quantitative estimate of drug-likeness (QED) is 0.448. The van der Waals surface area contributed by atoms with Gasteiger partial charge in [-0.15, -0.1) is 0 Å². The van der Waals surface area contributed by atoms with E-state index in [2.05, 4.69) is 9.47 Å². The van der Waals surface area contributed by atoms with E-state index in [0.717, 1.165) is 13.2 Å². The second kappa shape index (κ2) is 24.0. The van der Waals surface area contributed by atoms with Gasteiger partial charge in [0.05, 0.1) is 52.9 Å². The summed E-state index contributed by atoms with van der Waals surface area (Å²) in [7, 11) is 3.30. The summed E-state index contributed by atoms with van der Waals surface area (Å²) in [6, 6.07) is 0. The maximum atomic E-state index is 5.27. The first kappa shape index (κ1) is 34.2. The molecule has 2 saturated heterocycles. The van der Waals surface area contributed by atoms with E-state index in [4.69, 9.17) is 18.9 Å². The number of hydrogen-bond acceptors (Lipinski definition) is 6. The Kier molecular flexibility index (Phi) is 35.7. The molecule has 2 rings (SSSR count). The van der Waals surface area contributed by atoms with Crippen LogP contribution in [0.1, 0.15) is 37.1 Å². The maximum Gasteiger partial charge on any atom is 0.104 e. The van der Waals surface area contributed by atoms with Crippen LogP contribution in [0.25, 0.3) is 0 Å². The minimum Gasteiger partial charge on any atom is -0.382 e. The van der Waals surface area contributed by atoms with Crippen molar-refractivity contribution in [1.82, 2.24) is 0 Å². The summed E-state index contributed by atoms with van der Waals surface area (Å²) in [5.41, 5.74) is 0. The van der Waals surface area contributed by atoms with Crippen molar-refractivity contribution in [2.24, 2.45) is 0 Å². The fourth-order valence-electron chi connectivity index (χ4n) is 1.04. The lowest BCUT2D eigenvalue weighted by Crippen LogP contribution is -2.10. The van der Waals surface area contributed by atoms with Gasteiger partial charge in [0, 0.05) is 14.2 Å². The highest BCUT2D eigenvalue weighted by atomic mass is 16.6. The van der Waals surface area contributed by atoms with E-state index in [9.17, 15) is 0 Å². The van der Waals surface area contributed by atoms with Crippen LogP contribution in [0.3, 0.4) is 0 Å². The molecule has 0 aromatic heterocycles. The van der Waals surface area contributed by atoms with Crippen molar-refractivity contribution in [3.05, 3.63) is 0 Å². The summed E-state index contributed by atoms with van der Waals surface area (Å²) in [5, 5.41) is 0. The van der Waals surface area contributed by atoms with Crippen LogP contribution in [-0.2, 0) is 28.4 Å². The molecule has 2 aliphatic rings. The molecule has 0 spiro atoms. The van der Waals surface area contributed by atoms with Gasteiger partial charge in [0.2, 0.25) is 0 Å². The van der Waals surface area contributed by atoms with Crippen LogP contribution in [0.15, 0.2) is 0 Å². The molecule has 2 fully saturated rings. The number of methoxy groups -OCH3 is 2. The van der Waals surface area contributed by atoms with Gasteiger partial charge in [0.15, 0.2) is 0 Å². The lowest BCUT2D eigenvalue weighted by molar-refractivity contribution is 0.0366. The Morgan fingerprint density at radius 2 is 0.957 bits per heavy atom. The second-order valence-corrected chi connectivity index (χ2v) is 4.05. The Labute approximate surface area is 145 Å². The SMILES string of the molecule is C.C.C.C.C.C(COCC1CO1)OCC1CO1.COCCOC. The molecule has 0 bridgehead atoms. The van der Waals surface area contributed by atoms with Crippen molar-refractivity contribution in [1.29, 1.82) is 0 Å². The Morgan fingerprint density at radius 1 is 0.652 bits per heavy atom. The average Bonchev–Trinajstić information content (AvgIpc) is 3.26. The summed E-state index contributed by atoms with van der Waals surface area (Å²) < 4.78 is 29.8. The van der Waals surface area contributed by atoms with Gasteiger partial charge in [0.1, 0.15) is 12.2 Å². The topological polar surface area (TPSA) is 62.0 Å². The van der Waals surface area contributed by atoms with E-state index in [-0.39, 0.29) is 37.1 Å². The first-order valence-electron chi connectivity index (χ1n) is 6.23. The third-order valence-electron chi connectivity index (χ3n) is 2.28. The summed E-state index contributed by atoms with van der Waals surface area (Å²) in [5.74, 6) is 0. The van der Waals surface area contributed by atoms with Crippen molar-refractivity contribution < 1.29 is 28.4 Å². The lowest BCUT2D eigenvalue weighted by Gasteiger charge is -2.02. The van der Waals surface area contributed by atoms with Gasteiger partial charge >= 0.3 is 0 Å². The van der Waals surface area contributed by atoms with Crippen molar-refractivity contribution >= 4 is 0 Å². The Bertz CT molecular complexity index is 164. The van der Waals surface area contributed by atoms with E-state index in [1.54, 1.807) is 14.2 Å². The van der Waals surface area contributed by atoms with E-state index in [1.807, 2.05) is 0 Å². The van der Waals surface area contributed by atoms with Gasteiger partial charge in [-0.25, -0.2) is 0 Å². The van der Waals surface area contributed by atoms with Crippen LogP contribution in [0, 0.1) is 0 Å². The molecule has 0 aromatic rings. The molecular weight excluding hydrogens is 300 g/mol. The molecule has 6 nitrogen and oxygen atoms in total. The smallest absolute Gasteiger partial charge is 0.104 e. The molecule has 0 aliphatic carbocycles. The second-order valence-electron chi connectivity index (χ2n) is 4.05. The number of ether oxygens (including phenoxy) is 6. The van der Waals surface area contributed by atoms with Gasteiger partial charge in [-0.05, 0) is 0 Å². The Hall–Kier alpha value is -0.240. The van der Waals surface area contributed by atoms with Crippen molar-refractivity contribution in [3.8, 4) is 0 Å². The third kappa shape index (κ3) is 26.9. The zero-order valence-corrected chi connectivity index (χ0v) is 11.3. The minimum atomic E-state index is 0. The van der Waals surface area contributed by atoms with Crippen LogP contribution in [0.5, 0.6) is 0 Å². The van der Waals surface area contributed by atoms with E-state index >= 15 is 0 Å². The van der Waals surface area contributed by atoms with Crippen molar-refractivity contribution in [2.75, 3.05) is 67.1 Å². The summed E-state index contributed by atoms with van der Waals surface area (Å²) >= 11 is 0. The van der Waals surface area contributed by atoms with Crippen LogP contribution < -0.4 is 0 Å². The van der Waals surface area contributed by atoms with Crippen LogP contribution in [-0.4, -0.2) is 79.3 Å². The molecule has 0 amide bonds. The van der Waals surface area contributed by atoms with Gasteiger partial charge < -0.3 is 28.4 Å². The monoisotopic (exact) mass is 344 g/mol. The standard InChI is InChI=1S/C8H14O4.C4H10O2.5CH4/c1(9-3-7-5-11-7)2-10-4-8-6-12-8;1-5-3-4-6-2;;;;;/h7-8H,1-6H2;3-4H2,1-2H3;5*1H4. The molecule has 6 heteroatoms. The highest BCUT2D eigenvalue weighted by molar-refractivity contribution is 4.68. The third-order valence-corrected chi connectivity index (χ3v) is 2.28. The van der Waals surface area contributed by atoms with Crippen molar-refractivity contribution in [2.45, 2.75) is 49.3 Å². The van der Waals surface area contributed by atoms with Gasteiger partial charge in [0.25, 0.3) is 0 Å². The molecule has 2 atom stereocenters. The zero-order chi connectivity index (χ0) is 13.1. The number of hydrogen-bond donors (Lipinski definition) is 0. The molecule has 2 unspecified atom stereocenters. The molecule has 148 valence electrons. The molecule has 2 heterocycles. The predicted molar refractivity (Wildman–Crippen MR) is 98.5 cm³/mol. The average molecular weight is 345 g/mol. The van der Waals surface area contributed by atoms with Gasteiger partial charge in [-0.1, -0.05) is 37.1 Å². The number of epoxide rings is 2. The molecule has 2 aliphatic heterocycles. The van der Waals surface area contributed by atoms with Gasteiger partial charge in [-0.3, -0.25) is 0 Å². The van der Waals surface area contributed by atoms with Crippen molar-refractivity contribution in [3.63, 3.8) is 0 Å². The van der Waals surface area contributed by atoms with E-state index < -0.39 is 0 Å². The van der Waals surface area contributed by atoms with Gasteiger partial charge in [-0.2, -0.15) is 0 Å². The predicted octanol–water partition coefficient (Wildman–Crippen LogP) is 3.28. The van der Waals surface area contributed by atoms with E-state index in [1.165, 1.54) is 0 Å². The highest BCUT2D eigenvalue weighted by Gasteiger charge is 2.23. The minimum absolute atomic E-state index is 0. The van der Waals surface area contributed by atoms with E-state index in [0.29, 0.717) is 51.8 Å². The molecule has 0 radical (unpaired) electrons. The first-order chi connectivity index (χ1) is 8.86. The molecular formula is C17H44O6. The first-order valence-corrected chi connectivity index (χ1v) is 6.23. The van der Waals surface area contributed by atoms with Crippen LogP contribution in [0.4, 0.5) is 0 Å². The molecule has 0 N–H and O–H groups in total. The Morgan fingerprint density at radius 3 is 1.17 bits per heavy atom. The summed E-state index contributed by atoms with van der Waals surface area (Å²) in [6.45, 7) is 5.84. The fraction of sp³-hybridized carbons (Fsp3) is 1.00. The normalized spacial score (nSPS) is 19.0. The van der Waals surface area contributed by atoms with Crippen LogP contribution >= 0.6 is 0 Å². The number of rotatable bonds is 10. The Balaban J connectivity index is -0.0000000886. The summed E-state index contributed by atoms with van der Waals surface area (Å²) in [4.78, 5) is 0. The van der Waals surface area contributed by atoms with Crippen LogP contribution in [0.2, 0.25) is 0 Å². The largest absolute Gasteiger partial charge is 0.382 e. The lowest BCUT2D eigenvalue weighted by atomic mass is 10.5. The maximum absolute atomic E-state index is 5.27. The fourth-order valence-corrected chi connectivity index (χ4v) is 1.04. The molecule has 0 saturated carbocycles. The molecule has 0 aromatic carbocycles. The molecule has 23 heavy (non-hydrogen) atoms.